The van der Waals surface area contributed by atoms with Crippen LogP contribution >= 0.6 is 11.6 Å². The molecule has 1 heterocycles. The molecule has 128 valence electrons. The zero-order valence-corrected chi connectivity index (χ0v) is 13.7. The molecule has 0 radical (unpaired) electrons. The van der Waals surface area contributed by atoms with E-state index in [9.17, 15) is 14.9 Å². The molecule has 9 heteroatoms. The number of nitro benzene ring substituents is 1. The molecule has 1 spiro atoms. The second-order valence-corrected chi connectivity index (χ2v) is 6.09. The number of halogens is 1. The Morgan fingerprint density at radius 2 is 2.17 bits per heavy atom. The molecule has 0 atom stereocenters. The molecular formula is C15H17ClN4O4. The predicted molar refractivity (Wildman–Crippen MR) is 87.2 cm³/mol. The molecule has 1 aromatic rings. The van der Waals surface area contributed by atoms with Gasteiger partial charge in [0.2, 0.25) is 5.72 Å². The summed E-state index contributed by atoms with van der Waals surface area (Å²) in [6, 6.07) is 6.07. The summed E-state index contributed by atoms with van der Waals surface area (Å²) in [5, 5.41) is 16.7. The Labute approximate surface area is 143 Å². The van der Waals surface area contributed by atoms with Crippen LogP contribution in [0.4, 0.5) is 5.69 Å². The van der Waals surface area contributed by atoms with E-state index in [4.69, 9.17) is 16.4 Å². The standard InChI is InChI=1S/C15H17ClN4O4/c16-10-13(21)17-19-14(11-5-4-6-12(9-11)20(22)23)18-24-15(19)7-2-1-3-8-15/h4-6,9H,1-3,7-8,10H2,(H,17,21). The second kappa shape index (κ2) is 6.64. The monoisotopic (exact) mass is 352 g/mol. The number of amidine groups is 1. The van der Waals surface area contributed by atoms with Gasteiger partial charge in [0.1, 0.15) is 5.88 Å². The quantitative estimate of drug-likeness (QED) is 0.510. The van der Waals surface area contributed by atoms with Crippen LogP contribution in [0.25, 0.3) is 0 Å². The lowest BCUT2D eigenvalue weighted by molar-refractivity contribution is -0.384. The minimum absolute atomic E-state index is 0.0524. The number of hydrogen-bond donors (Lipinski definition) is 1. The van der Waals surface area contributed by atoms with Crippen LogP contribution in [-0.4, -0.2) is 33.3 Å². The average molecular weight is 353 g/mol. The summed E-state index contributed by atoms with van der Waals surface area (Å²) in [7, 11) is 0. The predicted octanol–water partition coefficient (Wildman–Crippen LogP) is 2.52. The van der Waals surface area contributed by atoms with Crippen LogP contribution in [0, 0.1) is 10.1 Å². The summed E-state index contributed by atoms with van der Waals surface area (Å²) >= 11 is 5.61. The third kappa shape index (κ3) is 3.01. The number of alkyl halides is 1. The molecule has 24 heavy (non-hydrogen) atoms. The number of carbonyl (C=O) groups excluding carboxylic acids is 1. The van der Waals surface area contributed by atoms with E-state index in [0.29, 0.717) is 24.2 Å². The van der Waals surface area contributed by atoms with Crippen molar-refractivity contribution in [2.75, 3.05) is 5.88 Å². The first-order valence-corrected chi connectivity index (χ1v) is 8.26. The number of hydrazine groups is 1. The fraction of sp³-hybridized carbons (Fsp3) is 0.467. The first-order chi connectivity index (χ1) is 11.6. The minimum Gasteiger partial charge on any atom is -0.363 e. The average Bonchev–Trinajstić information content (AvgIpc) is 2.93. The first-order valence-electron chi connectivity index (χ1n) is 7.72. The maximum Gasteiger partial charge on any atom is 0.270 e. The smallest absolute Gasteiger partial charge is 0.270 e. The molecule has 0 unspecified atom stereocenters. The molecule has 1 N–H and O–H groups in total. The third-order valence-corrected chi connectivity index (χ3v) is 4.47. The lowest BCUT2D eigenvalue weighted by Crippen LogP contribution is -2.58. The normalized spacial score (nSPS) is 18.9. The lowest BCUT2D eigenvalue weighted by atomic mass is 9.91. The van der Waals surface area contributed by atoms with Gasteiger partial charge in [-0.3, -0.25) is 20.3 Å². The van der Waals surface area contributed by atoms with Crippen molar-refractivity contribution in [2.24, 2.45) is 5.16 Å². The molecule has 8 nitrogen and oxygen atoms in total. The minimum atomic E-state index is -0.750. The van der Waals surface area contributed by atoms with Gasteiger partial charge >= 0.3 is 0 Å². The van der Waals surface area contributed by atoms with Gasteiger partial charge in [0.05, 0.1) is 4.92 Å². The Balaban J connectivity index is 1.95. The van der Waals surface area contributed by atoms with Gasteiger partial charge in [-0.1, -0.05) is 23.7 Å². The van der Waals surface area contributed by atoms with Crippen molar-refractivity contribution in [3.8, 4) is 0 Å². The van der Waals surface area contributed by atoms with Crippen LogP contribution < -0.4 is 5.43 Å². The number of oxime groups is 1. The van der Waals surface area contributed by atoms with E-state index >= 15 is 0 Å². The van der Waals surface area contributed by atoms with Gasteiger partial charge in [-0.05, 0) is 12.8 Å². The van der Waals surface area contributed by atoms with Gasteiger partial charge in [0.25, 0.3) is 11.6 Å². The SMILES string of the molecule is O=C(CCl)NN1C(c2cccc([N+](=O)[O-])c2)=NOC12CCCCC2. The van der Waals surface area contributed by atoms with E-state index in [1.165, 1.54) is 12.1 Å². The van der Waals surface area contributed by atoms with E-state index in [1.54, 1.807) is 17.1 Å². The molecule has 1 fully saturated rings. The summed E-state index contributed by atoms with van der Waals surface area (Å²) in [5.41, 5.74) is 2.42. The summed E-state index contributed by atoms with van der Waals surface area (Å²) in [5.74, 6) is -0.237. The van der Waals surface area contributed by atoms with Gasteiger partial charge in [0.15, 0.2) is 5.84 Å². The van der Waals surface area contributed by atoms with Gasteiger partial charge < -0.3 is 4.84 Å². The Morgan fingerprint density at radius 3 is 2.83 bits per heavy atom. The number of benzene rings is 1. The number of hydrogen-bond acceptors (Lipinski definition) is 6. The number of amides is 1. The van der Waals surface area contributed by atoms with Gasteiger partial charge in [-0.2, -0.15) is 0 Å². The Kier molecular flexibility index (Phi) is 4.57. The molecule has 1 aromatic carbocycles. The van der Waals surface area contributed by atoms with Crippen molar-refractivity contribution >= 4 is 29.0 Å². The highest BCUT2D eigenvalue weighted by molar-refractivity contribution is 6.27. The maximum atomic E-state index is 11.8. The molecule has 2 aliphatic rings. The summed E-state index contributed by atoms with van der Waals surface area (Å²) < 4.78 is 0. The van der Waals surface area contributed by atoms with Crippen molar-refractivity contribution in [1.29, 1.82) is 0 Å². The van der Waals surface area contributed by atoms with Gasteiger partial charge in [-0.25, -0.2) is 5.01 Å². The zero-order valence-electron chi connectivity index (χ0n) is 12.9. The van der Waals surface area contributed by atoms with Gasteiger partial charge in [0, 0.05) is 30.5 Å². The Morgan fingerprint density at radius 1 is 1.42 bits per heavy atom. The second-order valence-electron chi connectivity index (χ2n) is 5.82. The van der Waals surface area contributed by atoms with Crippen LogP contribution in [0.5, 0.6) is 0 Å². The van der Waals surface area contributed by atoms with Gasteiger partial charge in [-0.15, -0.1) is 11.6 Å². The van der Waals surface area contributed by atoms with E-state index in [2.05, 4.69) is 10.6 Å². The Hall–Kier alpha value is -2.35. The summed E-state index contributed by atoms with van der Waals surface area (Å²) in [6.45, 7) is 0. The summed E-state index contributed by atoms with van der Waals surface area (Å²) in [6.07, 6.45) is 4.40. The number of non-ortho nitro benzene ring substituents is 1. The molecule has 1 aliphatic carbocycles. The van der Waals surface area contributed by atoms with Crippen LogP contribution in [0.1, 0.15) is 37.7 Å². The maximum absolute atomic E-state index is 11.8. The number of carbonyl (C=O) groups is 1. The highest BCUT2D eigenvalue weighted by atomic mass is 35.5. The highest BCUT2D eigenvalue weighted by Crippen LogP contribution is 2.38. The fourth-order valence-electron chi connectivity index (χ4n) is 3.07. The molecule has 1 aliphatic heterocycles. The Bertz CT molecular complexity index is 688. The molecule has 0 aromatic heterocycles. The van der Waals surface area contributed by atoms with Crippen LogP contribution in [0.3, 0.4) is 0 Å². The van der Waals surface area contributed by atoms with Crippen molar-refractivity contribution in [3.05, 3.63) is 39.9 Å². The molecule has 1 saturated carbocycles. The molecule has 3 rings (SSSR count). The third-order valence-electron chi connectivity index (χ3n) is 4.23. The summed E-state index contributed by atoms with van der Waals surface area (Å²) in [4.78, 5) is 28.1. The largest absolute Gasteiger partial charge is 0.363 e. The van der Waals surface area contributed by atoms with E-state index < -0.39 is 10.6 Å². The number of rotatable bonds is 4. The fourth-order valence-corrected chi connectivity index (χ4v) is 3.13. The van der Waals surface area contributed by atoms with Crippen molar-refractivity contribution in [2.45, 2.75) is 37.8 Å². The highest BCUT2D eigenvalue weighted by Gasteiger charge is 2.48. The number of nitrogens with zero attached hydrogens (tertiary/aromatic N) is 3. The lowest BCUT2D eigenvalue weighted by Gasteiger charge is -2.39. The van der Waals surface area contributed by atoms with Crippen LogP contribution in [0.15, 0.2) is 29.4 Å². The zero-order chi connectivity index (χ0) is 17.2. The molecule has 0 bridgehead atoms. The van der Waals surface area contributed by atoms with Crippen molar-refractivity contribution in [3.63, 3.8) is 0 Å². The topological polar surface area (TPSA) is 97.1 Å². The van der Waals surface area contributed by atoms with Crippen LogP contribution in [-0.2, 0) is 9.63 Å². The van der Waals surface area contributed by atoms with Crippen molar-refractivity contribution < 1.29 is 14.6 Å². The first kappa shape index (κ1) is 16.5. The van der Waals surface area contributed by atoms with E-state index in [1.807, 2.05) is 0 Å². The molecule has 1 amide bonds. The van der Waals surface area contributed by atoms with Crippen molar-refractivity contribution in [1.82, 2.24) is 10.4 Å². The molecular weight excluding hydrogens is 336 g/mol. The molecule has 0 saturated heterocycles. The number of nitro groups is 1. The van der Waals surface area contributed by atoms with E-state index in [-0.39, 0.29) is 17.5 Å². The van der Waals surface area contributed by atoms with Crippen LogP contribution in [0.2, 0.25) is 0 Å². The number of nitrogens with one attached hydrogen (secondary N) is 1. The van der Waals surface area contributed by atoms with E-state index in [0.717, 1.165) is 19.3 Å².